The summed E-state index contributed by atoms with van der Waals surface area (Å²) in [5, 5.41) is 9.32. The smallest absolute Gasteiger partial charge is 0.335 e. The number of allylic oxidation sites excluding steroid dienone is 2. The third-order valence-electron chi connectivity index (χ3n) is 5.40. The predicted octanol–water partition coefficient (Wildman–Crippen LogP) is 5.15. The Hall–Kier alpha value is -2.55. The minimum atomic E-state index is -0.861. The molecule has 0 amide bonds. The van der Waals surface area contributed by atoms with E-state index in [1.54, 1.807) is 6.07 Å². The Kier molecular flexibility index (Phi) is 3.87. The van der Waals surface area contributed by atoms with Crippen molar-refractivity contribution >= 4 is 17.1 Å². The summed E-state index contributed by atoms with van der Waals surface area (Å²) in [6.07, 6.45) is 2.97. The van der Waals surface area contributed by atoms with Crippen molar-refractivity contribution in [1.29, 1.82) is 0 Å². The average Bonchev–Trinajstić information content (AvgIpc) is 2.92. The molecule has 128 valence electrons. The summed E-state index contributed by atoms with van der Waals surface area (Å²) in [6.45, 7) is 5.01. The van der Waals surface area contributed by atoms with Gasteiger partial charge in [0.1, 0.15) is 5.75 Å². The van der Waals surface area contributed by atoms with Crippen LogP contribution in [-0.4, -0.2) is 17.7 Å². The lowest BCUT2D eigenvalue weighted by Crippen LogP contribution is -2.12. The van der Waals surface area contributed by atoms with E-state index in [9.17, 15) is 9.90 Å². The molecule has 0 spiro atoms. The molecule has 0 heterocycles. The maximum atomic E-state index is 11.4. The van der Waals surface area contributed by atoms with Crippen molar-refractivity contribution in [1.82, 2.24) is 0 Å². The molecule has 0 fully saturated rings. The van der Waals surface area contributed by atoms with Crippen molar-refractivity contribution in [2.45, 2.75) is 39.0 Å². The molecule has 0 saturated carbocycles. The first-order chi connectivity index (χ1) is 12.1. The zero-order chi connectivity index (χ0) is 17.6. The van der Waals surface area contributed by atoms with Gasteiger partial charge in [0.05, 0.1) is 12.2 Å². The fourth-order valence-electron chi connectivity index (χ4n) is 4.29. The fourth-order valence-corrected chi connectivity index (χ4v) is 4.29. The summed E-state index contributed by atoms with van der Waals surface area (Å²) in [5.41, 5.74) is 7.92. The van der Waals surface area contributed by atoms with Gasteiger partial charge in [0.2, 0.25) is 0 Å². The molecule has 1 atom stereocenters. The monoisotopic (exact) mass is 334 g/mol. The first-order valence-electron chi connectivity index (χ1n) is 8.95. The van der Waals surface area contributed by atoms with Gasteiger partial charge in [0.25, 0.3) is 0 Å². The van der Waals surface area contributed by atoms with E-state index in [2.05, 4.69) is 32.0 Å². The van der Waals surface area contributed by atoms with E-state index in [1.165, 1.54) is 27.8 Å². The Morgan fingerprint density at radius 3 is 2.84 bits per heavy atom. The zero-order valence-electron chi connectivity index (χ0n) is 14.6. The molecule has 2 aliphatic rings. The normalized spacial score (nSPS) is 17.8. The summed E-state index contributed by atoms with van der Waals surface area (Å²) in [6, 6.07) is 11.9. The molecule has 0 aromatic heterocycles. The Balaban J connectivity index is 1.82. The number of ether oxygens (including phenoxy) is 1. The van der Waals surface area contributed by atoms with Gasteiger partial charge in [-0.2, -0.15) is 0 Å². The first kappa shape index (κ1) is 15.9. The number of benzene rings is 2. The SMILES string of the molecule is CCCOc1cccc2c1CCC1C2=C(C)c2ccc(C(=O)O)cc21. The van der Waals surface area contributed by atoms with Crippen LogP contribution in [0.15, 0.2) is 36.4 Å². The van der Waals surface area contributed by atoms with E-state index in [-0.39, 0.29) is 0 Å². The van der Waals surface area contributed by atoms with E-state index >= 15 is 0 Å². The standard InChI is InChI=1S/C22H22O3/c1-3-11-25-20-6-4-5-17-16(20)9-10-18-19-12-14(22(23)24)7-8-15(19)13(2)21(17)18/h4-8,12,18H,3,9-11H2,1-2H3,(H,23,24). The van der Waals surface area contributed by atoms with Gasteiger partial charge in [0, 0.05) is 11.5 Å². The summed E-state index contributed by atoms with van der Waals surface area (Å²) in [5.74, 6) is 0.434. The van der Waals surface area contributed by atoms with E-state index in [0.29, 0.717) is 11.5 Å². The van der Waals surface area contributed by atoms with Crippen LogP contribution in [0.25, 0.3) is 11.1 Å². The highest BCUT2D eigenvalue weighted by Gasteiger charge is 2.35. The van der Waals surface area contributed by atoms with Gasteiger partial charge < -0.3 is 9.84 Å². The van der Waals surface area contributed by atoms with Gasteiger partial charge in [-0.3, -0.25) is 0 Å². The van der Waals surface area contributed by atoms with Crippen LogP contribution in [0.3, 0.4) is 0 Å². The third-order valence-corrected chi connectivity index (χ3v) is 5.40. The van der Waals surface area contributed by atoms with Crippen molar-refractivity contribution in [3.8, 4) is 5.75 Å². The molecule has 4 rings (SSSR count). The van der Waals surface area contributed by atoms with Gasteiger partial charge in [0.15, 0.2) is 0 Å². The second-order valence-corrected chi connectivity index (χ2v) is 6.87. The quantitative estimate of drug-likeness (QED) is 0.841. The number of rotatable bonds is 4. The van der Waals surface area contributed by atoms with Gasteiger partial charge >= 0.3 is 5.97 Å². The molecule has 2 aromatic rings. The van der Waals surface area contributed by atoms with E-state index < -0.39 is 5.97 Å². The molecule has 1 N–H and O–H groups in total. The summed E-state index contributed by atoms with van der Waals surface area (Å²) < 4.78 is 5.96. The molecule has 0 saturated heterocycles. The maximum absolute atomic E-state index is 11.4. The van der Waals surface area contributed by atoms with Crippen molar-refractivity contribution in [3.05, 3.63) is 64.2 Å². The Labute approximate surface area is 148 Å². The predicted molar refractivity (Wildman–Crippen MR) is 99.2 cm³/mol. The molecular formula is C22H22O3. The Bertz CT molecular complexity index is 892. The van der Waals surface area contributed by atoms with Crippen molar-refractivity contribution < 1.29 is 14.6 Å². The molecule has 3 nitrogen and oxygen atoms in total. The first-order valence-corrected chi connectivity index (χ1v) is 8.95. The highest BCUT2D eigenvalue weighted by molar-refractivity contribution is 6.01. The van der Waals surface area contributed by atoms with Crippen LogP contribution in [0.5, 0.6) is 5.75 Å². The second kappa shape index (κ2) is 6.07. The Morgan fingerprint density at radius 1 is 1.24 bits per heavy atom. The van der Waals surface area contributed by atoms with Crippen LogP contribution in [0.4, 0.5) is 0 Å². The van der Waals surface area contributed by atoms with E-state index in [4.69, 9.17) is 4.74 Å². The van der Waals surface area contributed by atoms with Crippen LogP contribution in [0.1, 0.15) is 65.2 Å². The van der Waals surface area contributed by atoms with Crippen LogP contribution in [0.2, 0.25) is 0 Å². The molecule has 2 aliphatic carbocycles. The lowest BCUT2D eigenvalue weighted by Gasteiger charge is -2.27. The molecule has 2 aromatic carbocycles. The molecule has 1 unspecified atom stereocenters. The number of hydrogen-bond acceptors (Lipinski definition) is 2. The molecule has 25 heavy (non-hydrogen) atoms. The minimum Gasteiger partial charge on any atom is -0.493 e. The second-order valence-electron chi connectivity index (χ2n) is 6.87. The van der Waals surface area contributed by atoms with Gasteiger partial charge in [-0.15, -0.1) is 0 Å². The van der Waals surface area contributed by atoms with Crippen molar-refractivity contribution in [3.63, 3.8) is 0 Å². The Morgan fingerprint density at radius 2 is 2.08 bits per heavy atom. The van der Waals surface area contributed by atoms with Crippen LogP contribution in [-0.2, 0) is 6.42 Å². The minimum absolute atomic E-state index is 0.295. The van der Waals surface area contributed by atoms with Crippen LogP contribution >= 0.6 is 0 Å². The number of aromatic carboxylic acids is 1. The maximum Gasteiger partial charge on any atom is 0.335 e. The average molecular weight is 334 g/mol. The van der Waals surface area contributed by atoms with Crippen molar-refractivity contribution in [2.75, 3.05) is 6.61 Å². The highest BCUT2D eigenvalue weighted by atomic mass is 16.5. The van der Waals surface area contributed by atoms with E-state index in [0.717, 1.165) is 37.2 Å². The van der Waals surface area contributed by atoms with Crippen LogP contribution in [0, 0.1) is 0 Å². The molecule has 0 aliphatic heterocycles. The molecule has 0 radical (unpaired) electrons. The fraction of sp³-hybridized carbons (Fsp3) is 0.318. The van der Waals surface area contributed by atoms with E-state index in [1.807, 2.05) is 12.1 Å². The molecule has 3 heteroatoms. The van der Waals surface area contributed by atoms with Crippen LogP contribution < -0.4 is 4.74 Å². The number of carboxylic acids is 1. The lowest BCUT2D eigenvalue weighted by atomic mass is 9.78. The largest absolute Gasteiger partial charge is 0.493 e. The van der Waals surface area contributed by atoms with Crippen molar-refractivity contribution in [2.24, 2.45) is 0 Å². The van der Waals surface area contributed by atoms with Gasteiger partial charge in [-0.05, 0) is 72.2 Å². The molecule has 0 bridgehead atoms. The van der Waals surface area contributed by atoms with Gasteiger partial charge in [-0.1, -0.05) is 25.1 Å². The topological polar surface area (TPSA) is 46.5 Å². The summed E-state index contributed by atoms with van der Waals surface area (Å²) in [4.78, 5) is 11.4. The number of carboxylic acid groups (broad SMARTS) is 1. The number of hydrogen-bond donors (Lipinski definition) is 1. The third kappa shape index (κ3) is 2.46. The molecular weight excluding hydrogens is 312 g/mol. The number of carbonyl (C=O) groups is 1. The summed E-state index contributed by atoms with van der Waals surface area (Å²) >= 11 is 0. The zero-order valence-corrected chi connectivity index (χ0v) is 14.6. The lowest BCUT2D eigenvalue weighted by molar-refractivity contribution is 0.0696. The highest BCUT2D eigenvalue weighted by Crippen LogP contribution is 2.53. The number of fused-ring (bicyclic) bond motifs is 5. The summed E-state index contributed by atoms with van der Waals surface area (Å²) in [7, 11) is 0. The van der Waals surface area contributed by atoms with Gasteiger partial charge in [-0.25, -0.2) is 4.79 Å².